The maximum Gasteiger partial charge on any atom is 0.246 e. The van der Waals surface area contributed by atoms with E-state index in [9.17, 15) is 9.59 Å². The fourth-order valence-corrected chi connectivity index (χ4v) is 4.01. The normalized spacial score (nSPS) is 17.3. The van der Waals surface area contributed by atoms with Crippen molar-refractivity contribution in [3.8, 4) is 0 Å². The predicted molar refractivity (Wildman–Crippen MR) is 121 cm³/mol. The minimum Gasteiger partial charge on any atom is -0.352 e. The van der Waals surface area contributed by atoms with Crippen LogP contribution in [0.4, 0.5) is 0 Å². The molecule has 0 radical (unpaired) electrons. The summed E-state index contributed by atoms with van der Waals surface area (Å²) in [6, 6.07) is 10.4. The number of aromatic nitrogens is 2. The summed E-state index contributed by atoms with van der Waals surface area (Å²) >= 11 is 6.54. The first-order valence-corrected chi connectivity index (χ1v) is 11.1. The molecular formula is C23H28ClN5O2. The minimum atomic E-state index is -0.0478. The van der Waals surface area contributed by atoms with E-state index in [2.05, 4.69) is 15.3 Å². The summed E-state index contributed by atoms with van der Waals surface area (Å²) in [6.45, 7) is 5.50. The topological polar surface area (TPSA) is 70.5 Å². The van der Waals surface area contributed by atoms with Crippen molar-refractivity contribution < 1.29 is 9.59 Å². The number of aryl methyl sites for hydroxylation is 1. The maximum absolute atomic E-state index is 12.6. The highest BCUT2D eigenvalue weighted by atomic mass is 35.5. The Morgan fingerprint density at radius 1 is 1.16 bits per heavy atom. The first-order valence-electron chi connectivity index (χ1n) is 10.7. The zero-order valence-electron chi connectivity index (χ0n) is 17.8. The van der Waals surface area contributed by atoms with Gasteiger partial charge in [-0.05, 0) is 31.4 Å². The maximum atomic E-state index is 12.6. The largest absolute Gasteiger partial charge is 0.352 e. The number of hydrogen-bond donors (Lipinski definition) is 1. The summed E-state index contributed by atoms with van der Waals surface area (Å²) in [5.74, 6) is 0.0353. The third kappa shape index (κ3) is 5.74. The molecular weight excluding hydrogens is 414 g/mol. The molecule has 1 aliphatic carbocycles. The lowest BCUT2D eigenvalue weighted by Gasteiger charge is -2.33. The number of amides is 2. The zero-order valence-corrected chi connectivity index (χ0v) is 18.5. The second kappa shape index (κ2) is 9.66. The number of hydrogen-bond acceptors (Lipinski definition) is 4. The molecule has 1 saturated carbocycles. The van der Waals surface area contributed by atoms with Gasteiger partial charge in [0.05, 0.1) is 18.8 Å². The van der Waals surface area contributed by atoms with Crippen LogP contribution >= 0.6 is 11.6 Å². The average Bonchev–Trinajstić information content (AvgIpc) is 3.53. The molecule has 8 heteroatoms. The summed E-state index contributed by atoms with van der Waals surface area (Å²) in [5, 5.41) is 8.06. The molecule has 0 spiro atoms. The van der Waals surface area contributed by atoms with Gasteiger partial charge in [-0.3, -0.25) is 14.5 Å². The molecule has 1 aromatic carbocycles. The van der Waals surface area contributed by atoms with Crippen molar-refractivity contribution in [2.24, 2.45) is 0 Å². The Hall–Kier alpha value is -2.64. The molecule has 1 aliphatic heterocycles. The molecule has 2 fully saturated rings. The molecule has 1 N–H and O–H groups in total. The van der Waals surface area contributed by atoms with Crippen molar-refractivity contribution in [1.82, 2.24) is 24.9 Å². The van der Waals surface area contributed by atoms with Crippen LogP contribution in [0.15, 0.2) is 36.4 Å². The molecule has 2 aromatic rings. The molecule has 0 unspecified atom stereocenters. The molecule has 1 saturated heterocycles. The number of rotatable bonds is 7. The minimum absolute atomic E-state index is 0.0478. The lowest BCUT2D eigenvalue weighted by atomic mass is 10.2. The second-order valence-corrected chi connectivity index (χ2v) is 8.57. The fourth-order valence-electron chi connectivity index (χ4n) is 3.71. The van der Waals surface area contributed by atoms with Gasteiger partial charge in [0.15, 0.2) is 0 Å². The van der Waals surface area contributed by atoms with Gasteiger partial charge in [0.1, 0.15) is 5.15 Å². The lowest BCUT2D eigenvalue weighted by molar-refractivity contribution is -0.128. The van der Waals surface area contributed by atoms with Crippen molar-refractivity contribution in [3.63, 3.8) is 0 Å². The second-order valence-electron chi connectivity index (χ2n) is 8.21. The number of nitrogens with zero attached hydrogens (tertiary/aromatic N) is 4. The van der Waals surface area contributed by atoms with E-state index in [0.717, 1.165) is 29.7 Å². The molecule has 4 rings (SSSR count). The number of carbonyl (C=O) groups excluding carboxylic acids is 2. The van der Waals surface area contributed by atoms with E-state index >= 15 is 0 Å². The van der Waals surface area contributed by atoms with Crippen LogP contribution in [0, 0.1) is 6.92 Å². The van der Waals surface area contributed by atoms with Gasteiger partial charge in [0.25, 0.3) is 0 Å². The molecule has 164 valence electrons. The van der Waals surface area contributed by atoms with Crippen LogP contribution in [0.2, 0.25) is 5.15 Å². The fraction of sp³-hybridized carbons (Fsp3) is 0.435. The highest BCUT2D eigenvalue weighted by Crippen LogP contribution is 2.22. The summed E-state index contributed by atoms with van der Waals surface area (Å²) in [5.41, 5.74) is 2.67. The van der Waals surface area contributed by atoms with Crippen LogP contribution in [0.5, 0.6) is 0 Å². The summed E-state index contributed by atoms with van der Waals surface area (Å²) in [7, 11) is 0. The SMILES string of the molecule is Cc1nn(Cc2ccccc2)c(Cl)c1C=CC(=O)N1CCN(CC(=O)NC2CC2)CC1. The number of carbonyl (C=O) groups is 2. The standard InChI is InChI=1S/C23H28ClN5O2/c1-17-20(23(24)29(26-17)15-18-5-3-2-4-6-18)9-10-22(31)28-13-11-27(12-14-28)16-21(30)25-19-7-8-19/h2-6,9-10,19H,7-8,11-16H2,1H3,(H,25,30). The third-order valence-corrected chi connectivity index (χ3v) is 6.07. The highest BCUT2D eigenvalue weighted by Gasteiger charge is 2.26. The number of piperazine rings is 1. The van der Waals surface area contributed by atoms with Gasteiger partial charge in [-0.25, -0.2) is 4.68 Å². The van der Waals surface area contributed by atoms with Crippen molar-refractivity contribution in [3.05, 3.63) is 58.4 Å². The van der Waals surface area contributed by atoms with Crippen molar-refractivity contribution in [2.75, 3.05) is 32.7 Å². The van der Waals surface area contributed by atoms with Gasteiger partial charge < -0.3 is 10.2 Å². The highest BCUT2D eigenvalue weighted by molar-refractivity contribution is 6.31. The predicted octanol–water partition coefficient (Wildman–Crippen LogP) is 2.33. The van der Waals surface area contributed by atoms with Gasteiger partial charge >= 0.3 is 0 Å². The van der Waals surface area contributed by atoms with E-state index in [1.807, 2.05) is 42.2 Å². The lowest BCUT2D eigenvalue weighted by Crippen LogP contribution is -2.51. The Labute approximate surface area is 187 Å². The average molecular weight is 442 g/mol. The molecule has 0 atom stereocenters. The summed E-state index contributed by atoms with van der Waals surface area (Å²) < 4.78 is 1.75. The van der Waals surface area contributed by atoms with Crippen molar-refractivity contribution in [1.29, 1.82) is 0 Å². The Morgan fingerprint density at radius 2 is 1.87 bits per heavy atom. The van der Waals surface area contributed by atoms with Crippen LogP contribution in [0.1, 0.15) is 29.7 Å². The van der Waals surface area contributed by atoms with Gasteiger partial charge in [-0.1, -0.05) is 41.9 Å². The Bertz CT molecular complexity index is 960. The number of halogens is 1. The number of nitrogens with one attached hydrogen (secondary N) is 1. The number of benzene rings is 1. The summed E-state index contributed by atoms with van der Waals surface area (Å²) in [6.07, 6.45) is 5.51. The molecule has 2 amide bonds. The van der Waals surface area contributed by atoms with E-state index in [1.165, 1.54) is 0 Å². The molecule has 31 heavy (non-hydrogen) atoms. The molecule has 2 aliphatic rings. The first kappa shape index (κ1) is 21.6. The van der Waals surface area contributed by atoms with Crippen molar-refractivity contribution in [2.45, 2.75) is 32.4 Å². The summed E-state index contributed by atoms with van der Waals surface area (Å²) in [4.78, 5) is 28.5. The van der Waals surface area contributed by atoms with Gasteiger partial charge in [0.2, 0.25) is 11.8 Å². The molecule has 2 heterocycles. The molecule has 0 bridgehead atoms. The zero-order chi connectivity index (χ0) is 21.8. The molecule has 7 nitrogen and oxygen atoms in total. The smallest absolute Gasteiger partial charge is 0.246 e. The van der Waals surface area contributed by atoms with Gasteiger partial charge in [0, 0.05) is 43.9 Å². The van der Waals surface area contributed by atoms with Crippen LogP contribution in [-0.2, 0) is 16.1 Å². The Morgan fingerprint density at radius 3 is 2.55 bits per heavy atom. The van der Waals surface area contributed by atoms with Crippen LogP contribution in [0.25, 0.3) is 6.08 Å². The van der Waals surface area contributed by atoms with Crippen molar-refractivity contribution >= 4 is 29.5 Å². The van der Waals surface area contributed by atoms with Gasteiger partial charge in [-0.2, -0.15) is 5.10 Å². The van der Waals surface area contributed by atoms with Crippen LogP contribution < -0.4 is 5.32 Å². The van der Waals surface area contributed by atoms with Crippen LogP contribution in [0.3, 0.4) is 0 Å². The van der Waals surface area contributed by atoms with E-state index in [1.54, 1.807) is 16.8 Å². The van der Waals surface area contributed by atoms with E-state index in [4.69, 9.17) is 11.6 Å². The van der Waals surface area contributed by atoms with Crippen LogP contribution in [-0.4, -0.2) is 70.2 Å². The Kier molecular flexibility index (Phi) is 6.73. The van der Waals surface area contributed by atoms with E-state index in [-0.39, 0.29) is 11.8 Å². The molecule has 1 aromatic heterocycles. The van der Waals surface area contributed by atoms with E-state index in [0.29, 0.717) is 50.5 Å². The first-order chi connectivity index (χ1) is 15.0. The third-order valence-electron chi connectivity index (χ3n) is 5.67. The quantitative estimate of drug-likeness (QED) is 0.669. The van der Waals surface area contributed by atoms with E-state index < -0.39 is 0 Å². The van der Waals surface area contributed by atoms with Gasteiger partial charge in [-0.15, -0.1) is 0 Å². The Balaban J connectivity index is 1.30. The monoisotopic (exact) mass is 441 g/mol.